The van der Waals surface area contributed by atoms with E-state index in [1.807, 2.05) is 30.0 Å². The van der Waals surface area contributed by atoms with Crippen LogP contribution < -0.4 is 4.74 Å². The maximum atomic E-state index is 13.2. The summed E-state index contributed by atoms with van der Waals surface area (Å²) in [5, 5.41) is 0.440. The number of piperazine rings is 1. The predicted octanol–water partition coefficient (Wildman–Crippen LogP) is 3.75. The van der Waals surface area contributed by atoms with E-state index >= 15 is 0 Å². The zero-order chi connectivity index (χ0) is 18.7. The van der Waals surface area contributed by atoms with Gasteiger partial charge >= 0.3 is 0 Å². The van der Waals surface area contributed by atoms with Crippen LogP contribution in [0.25, 0.3) is 0 Å². The second-order valence-electron chi connectivity index (χ2n) is 6.44. The first-order valence-electron chi connectivity index (χ1n) is 8.58. The molecule has 0 bridgehead atoms. The molecule has 1 saturated heterocycles. The van der Waals surface area contributed by atoms with Gasteiger partial charge in [0.15, 0.2) is 0 Å². The van der Waals surface area contributed by atoms with Crippen LogP contribution in [0.3, 0.4) is 0 Å². The van der Waals surface area contributed by atoms with Gasteiger partial charge in [-0.2, -0.15) is 0 Å². The van der Waals surface area contributed by atoms with Crippen molar-refractivity contribution in [1.82, 2.24) is 9.80 Å². The molecule has 0 N–H and O–H groups in total. The van der Waals surface area contributed by atoms with Gasteiger partial charge in [-0.15, -0.1) is 0 Å². The molecule has 0 unspecified atom stereocenters. The largest absolute Gasteiger partial charge is 0.496 e. The van der Waals surface area contributed by atoms with Gasteiger partial charge in [-0.05, 0) is 36.8 Å². The van der Waals surface area contributed by atoms with E-state index in [0.29, 0.717) is 30.2 Å². The smallest absolute Gasteiger partial charge is 0.254 e. The van der Waals surface area contributed by atoms with E-state index in [9.17, 15) is 9.18 Å². The van der Waals surface area contributed by atoms with Gasteiger partial charge in [-0.3, -0.25) is 9.69 Å². The fourth-order valence-corrected chi connectivity index (χ4v) is 3.46. The molecule has 1 aliphatic rings. The molecule has 0 saturated carbocycles. The van der Waals surface area contributed by atoms with Crippen LogP contribution in [0, 0.1) is 12.7 Å². The van der Waals surface area contributed by atoms with Gasteiger partial charge in [-0.1, -0.05) is 23.7 Å². The number of benzene rings is 2. The van der Waals surface area contributed by atoms with E-state index < -0.39 is 0 Å². The lowest BCUT2D eigenvalue weighted by Gasteiger charge is -2.35. The molecule has 2 aromatic carbocycles. The lowest BCUT2D eigenvalue weighted by molar-refractivity contribution is 0.0627. The molecule has 26 heavy (non-hydrogen) atoms. The molecule has 4 nitrogen and oxygen atoms in total. The summed E-state index contributed by atoms with van der Waals surface area (Å²) in [5.74, 6) is 0.420. The maximum Gasteiger partial charge on any atom is 0.254 e. The van der Waals surface area contributed by atoms with Crippen molar-refractivity contribution in [2.24, 2.45) is 0 Å². The molecule has 138 valence electrons. The molecule has 0 aromatic heterocycles. The Bertz CT molecular complexity index is 804. The minimum absolute atomic E-state index is 0.0286. The molecule has 0 spiro atoms. The van der Waals surface area contributed by atoms with Gasteiger partial charge in [0.05, 0.1) is 7.11 Å². The SMILES string of the molecule is COc1cccc(C(=O)N2CCN(Cc3ccc(F)cc3Cl)CC2)c1C. The number of carbonyl (C=O) groups is 1. The number of methoxy groups -OCH3 is 1. The van der Waals surface area contributed by atoms with E-state index in [-0.39, 0.29) is 11.7 Å². The van der Waals surface area contributed by atoms with Crippen LogP contribution in [0.5, 0.6) is 5.75 Å². The van der Waals surface area contributed by atoms with Crippen LogP contribution in [0.4, 0.5) is 4.39 Å². The second kappa shape index (κ2) is 8.06. The maximum absolute atomic E-state index is 13.2. The monoisotopic (exact) mass is 376 g/mol. The van der Waals surface area contributed by atoms with Gasteiger partial charge in [-0.25, -0.2) is 4.39 Å². The Morgan fingerprint density at radius 2 is 1.92 bits per heavy atom. The molecular formula is C20H22ClFN2O2. The van der Waals surface area contributed by atoms with Crippen molar-refractivity contribution in [2.45, 2.75) is 13.5 Å². The van der Waals surface area contributed by atoms with Crippen LogP contribution in [-0.2, 0) is 6.54 Å². The van der Waals surface area contributed by atoms with Gasteiger partial charge in [0.25, 0.3) is 5.91 Å². The molecule has 1 aliphatic heterocycles. The summed E-state index contributed by atoms with van der Waals surface area (Å²) in [4.78, 5) is 16.9. The first kappa shape index (κ1) is 18.7. The van der Waals surface area contributed by atoms with Gasteiger partial charge in [0, 0.05) is 48.9 Å². The van der Waals surface area contributed by atoms with Crippen LogP contribution in [-0.4, -0.2) is 49.0 Å². The van der Waals surface area contributed by atoms with Gasteiger partial charge in [0.1, 0.15) is 11.6 Å². The Balaban J connectivity index is 1.62. The molecule has 1 amide bonds. The third kappa shape index (κ3) is 4.00. The highest BCUT2D eigenvalue weighted by atomic mass is 35.5. The Morgan fingerprint density at radius 3 is 2.58 bits per heavy atom. The number of halogens is 2. The van der Waals surface area contributed by atoms with Gasteiger partial charge in [0.2, 0.25) is 0 Å². The average molecular weight is 377 g/mol. The molecular weight excluding hydrogens is 355 g/mol. The van der Waals surface area contributed by atoms with Crippen molar-refractivity contribution >= 4 is 17.5 Å². The molecule has 1 heterocycles. The van der Waals surface area contributed by atoms with Crippen LogP contribution in [0.15, 0.2) is 36.4 Å². The zero-order valence-corrected chi connectivity index (χ0v) is 15.7. The van der Waals surface area contributed by atoms with Crippen LogP contribution in [0.1, 0.15) is 21.5 Å². The molecule has 2 aromatic rings. The number of carbonyl (C=O) groups excluding carboxylic acids is 1. The summed E-state index contributed by atoms with van der Waals surface area (Å²) in [7, 11) is 1.61. The minimum atomic E-state index is -0.331. The van der Waals surface area contributed by atoms with Crippen molar-refractivity contribution in [2.75, 3.05) is 33.3 Å². The zero-order valence-electron chi connectivity index (χ0n) is 15.0. The Labute approximate surface area is 158 Å². The van der Waals surface area contributed by atoms with E-state index in [4.69, 9.17) is 16.3 Å². The molecule has 0 atom stereocenters. The van der Waals surface area contributed by atoms with Gasteiger partial charge < -0.3 is 9.64 Å². The lowest BCUT2D eigenvalue weighted by Crippen LogP contribution is -2.48. The molecule has 3 rings (SSSR count). The van der Waals surface area contributed by atoms with E-state index in [0.717, 1.165) is 30.0 Å². The summed E-state index contributed by atoms with van der Waals surface area (Å²) in [6.45, 7) is 5.35. The number of hydrogen-bond acceptors (Lipinski definition) is 3. The number of hydrogen-bond donors (Lipinski definition) is 0. The lowest BCUT2D eigenvalue weighted by atomic mass is 10.1. The average Bonchev–Trinajstić information content (AvgIpc) is 2.64. The third-order valence-corrected chi connectivity index (χ3v) is 5.15. The Morgan fingerprint density at radius 1 is 1.19 bits per heavy atom. The minimum Gasteiger partial charge on any atom is -0.496 e. The van der Waals surface area contributed by atoms with Crippen molar-refractivity contribution < 1.29 is 13.9 Å². The summed E-state index contributed by atoms with van der Waals surface area (Å²) >= 11 is 6.11. The first-order valence-corrected chi connectivity index (χ1v) is 8.96. The summed E-state index contributed by atoms with van der Waals surface area (Å²) < 4.78 is 18.5. The third-order valence-electron chi connectivity index (χ3n) is 4.80. The molecule has 1 fully saturated rings. The number of amides is 1. The van der Waals surface area contributed by atoms with Crippen LogP contribution in [0.2, 0.25) is 5.02 Å². The predicted molar refractivity (Wildman–Crippen MR) is 100 cm³/mol. The first-order chi connectivity index (χ1) is 12.5. The van der Waals surface area contributed by atoms with Crippen molar-refractivity contribution in [1.29, 1.82) is 0 Å². The standard InChI is InChI=1S/C20H22ClFN2O2/c1-14-17(4-3-5-19(14)26-2)20(25)24-10-8-23(9-11-24)13-15-6-7-16(22)12-18(15)21/h3-7,12H,8-11,13H2,1-2H3. The fraction of sp³-hybridized carbons (Fsp3) is 0.350. The number of rotatable bonds is 4. The van der Waals surface area contributed by atoms with Crippen molar-refractivity contribution in [3.8, 4) is 5.75 Å². The van der Waals surface area contributed by atoms with Crippen LogP contribution >= 0.6 is 11.6 Å². The highest BCUT2D eigenvalue weighted by Gasteiger charge is 2.24. The summed E-state index contributed by atoms with van der Waals surface area (Å²) in [6.07, 6.45) is 0. The molecule has 0 aliphatic carbocycles. The second-order valence-corrected chi connectivity index (χ2v) is 6.84. The summed E-state index contributed by atoms with van der Waals surface area (Å²) in [5.41, 5.74) is 2.44. The Hall–Kier alpha value is -2.11. The number of ether oxygens (including phenoxy) is 1. The normalized spacial score (nSPS) is 15.2. The topological polar surface area (TPSA) is 32.8 Å². The quantitative estimate of drug-likeness (QED) is 0.814. The van der Waals surface area contributed by atoms with E-state index in [1.165, 1.54) is 12.1 Å². The number of nitrogens with zero attached hydrogens (tertiary/aromatic N) is 2. The molecule has 0 radical (unpaired) electrons. The van der Waals surface area contributed by atoms with E-state index in [2.05, 4.69) is 4.90 Å². The van der Waals surface area contributed by atoms with E-state index in [1.54, 1.807) is 13.2 Å². The molecule has 6 heteroatoms. The highest BCUT2D eigenvalue weighted by molar-refractivity contribution is 6.31. The highest BCUT2D eigenvalue weighted by Crippen LogP contribution is 2.23. The van der Waals surface area contributed by atoms with Crippen molar-refractivity contribution in [3.63, 3.8) is 0 Å². The summed E-state index contributed by atoms with van der Waals surface area (Å²) in [6, 6.07) is 10.0. The fourth-order valence-electron chi connectivity index (χ4n) is 3.24. The van der Waals surface area contributed by atoms with Crippen molar-refractivity contribution in [3.05, 3.63) is 63.9 Å². The Kier molecular flexibility index (Phi) is 5.79.